The summed E-state index contributed by atoms with van der Waals surface area (Å²) in [4.78, 5) is 0. The summed E-state index contributed by atoms with van der Waals surface area (Å²) < 4.78 is 1.82. The molecular formula is C14H21N3. The third kappa shape index (κ3) is 2.69. The lowest BCUT2D eigenvalue weighted by atomic mass is 9.67. The molecule has 3 nitrogen and oxygen atoms in total. The second-order valence-corrected chi connectivity index (χ2v) is 5.42. The Bertz CT molecular complexity index is 415. The molecule has 1 fully saturated rings. The molecule has 1 aliphatic carbocycles. The Balaban J connectivity index is 2.12. The topological polar surface area (TPSA) is 41.6 Å². The average molecular weight is 231 g/mol. The van der Waals surface area contributed by atoms with E-state index in [2.05, 4.69) is 18.1 Å². The van der Waals surface area contributed by atoms with Crippen LogP contribution in [0.15, 0.2) is 12.3 Å². The lowest BCUT2D eigenvalue weighted by Gasteiger charge is -2.35. The molecular weight excluding hydrogens is 210 g/mol. The van der Waals surface area contributed by atoms with E-state index in [1.165, 1.54) is 19.3 Å². The fraction of sp³-hybridized carbons (Fsp3) is 0.714. The van der Waals surface area contributed by atoms with Crippen molar-refractivity contribution in [2.75, 3.05) is 0 Å². The largest absolute Gasteiger partial charge is 0.276 e. The molecule has 1 aromatic heterocycles. The Morgan fingerprint density at radius 1 is 1.65 bits per heavy atom. The van der Waals surface area contributed by atoms with E-state index < -0.39 is 0 Å². The molecule has 0 saturated heterocycles. The van der Waals surface area contributed by atoms with E-state index in [0.717, 1.165) is 30.9 Å². The molecule has 0 aromatic carbocycles. The molecule has 0 aliphatic heterocycles. The molecule has 0 spiro atoms. The second kappa shape index (κ2) is 4.91. The molecule has 2 atom stereocenters. The normalized spacial score (nSPS) is 28.9. The highest BCUT2D eigenvalue weighted by Crippen LogP contribution is 2.42. The van der Waals surface area contributed by atoms with Gasteiger partial charge in [0.2, 0.25) is 0 Å². The van der Waals surface area contributed by atoms with Gasteiger partial charge < -0.3 is 0 Å². The molecule has 2 rings (SSSR count). The molecule has 1 aliphatic rings. The smallest absolute Gasteiger partial charge is 0.0693 e. The highest BCUT2D eigenvalue weighted by atomic mass is 15.2. The van der Waals surface area contributed by atoms with Crippen LogP contribution in [-0.2, 0) is 13.5 Å². The van der Waals surface area contributed by atoms with Gasteiger partial charge in [0.25, 0.3) is 0 Å². The van der Waals surface area contributed by atoms with Crippen molar-refractivity contribution in [3.63, 3.8) is 0 Å². The minimum Gasteiger partial charge on any atom is -0.276 e. The summed E-state index contributed by atoms with van der Waals surface area (Å²) >= 11 is 0. The maximum Gasteiger partial charge on any atom is 0.0693 e. The lowest BCUT2D eigenvalue weighted by molar-refractivity contribution is 0.192. The van der Waals surface area contributed by atoms with E-state index in [-0.39, 0.29) is 5.41 Å². The van der Waals surface area contributed by atoms with Gasteiger partial charge >= 0.3 is 0 Å². The highest BCUT2D eigenvalue weighted by molar-refractivity contribution is 5.11. The zero-order valence-corrected chi connectivity index (χ0v) is 10.8. The van der Waals surface area contributed by atoms with Gasteiger partial charge in [-0.1, -0.05) is 26.2 Å². The summed E-state index contributed by atoms with van der Waals surface area (Å²) in [6, 6.07) is 4.63. The Morgan fingerprint density at radius 2 is 2.47 bits per heavy atom. The van der Waals surface area contributed by atoms with Crippen molar-refractivity contribution in [3.8, 4) is 6.07 Å². The van der Waals surface area contributed by atoms with Crippen LogP contribution in [0.1, 0.15) is 44.7 Å². The SMILES string of the molecule is CCC1CCCC(C#N)(Cc2ccn(C)n2)C1. The van der Waals surface area contributed by atoms with Crippen LogP contribution < -0.4 is 0 Å². The predicted molar refractivity (Wildman–Crippen MR) is 67.2 cm³/mol. The van der Waals surface area contributed by atoms with Crippen molar-refractivity contribution in [1.82, 2.24) is 9.78 Å². The average Bonchev–Trinajstić information content (AvgIpc) is 2.75. The Morgan fingerprint density at radius 3 is 3.06 bits per heavy atom. The minimum atomic E-state index is -0.159. The third-order valence-electron chi connectivity index (χ3n) is 4.05. The number of hydrogen-bond acceptors (Lipinski definition) is 2. The summed E-state index contributed by atoms with van der Waals surface area (Å²) in [6.45, 7) is 2.24. The summed E-state index contributed by atoms with van der Waals surface area (Å²) in [7, 11) is 1.93. The number of hydrogen-bond donors (Lipinski definition) is 0. The Kier molecular flexibility index (Phi) is 3.51. The fourth-order valence-corrected chi connectivity index (χ4v) is 3.04. The Labute approximate surface area is 103 Å². The second-order valence-electron chi connectivity index (χ2n) is 5.42. The number of rotatable bonds is 3. The van der Waals surface area contributed by atoms with Crippen LogP contribution in [0.25, 0.3) is 0 Å². The van der Waals surface area contributed by atoms with Crippen LogP contribution in [0.5, 0.6) is 0 Å². The first-order chi connectivity index (χ1) is 8.17. The number of nitrogens with zero attached hydrogens (tertiary/aromatic N) is 3. The van der Waals surface area contributed by atoms with Crippen LogP contribution >= 0.6 is 0 Å². The van der Waals surface area contributed by atoms with Gasteiger partial charge in [-0.05, 0) is 24.8 Å². The number of aromatic nitrogens is 2. The number of aryl methyl sites for hydroxylation is 1. The van der Waals surface area contributed by atoms with Gasteiger partial charge in [-0.2, -0.15) is 10.4 Å². The van der Waals surface area contributed by atoms with E-state index in [4.69, 9.17) is 0 Å². The van der Waals surface area contributed by atoms with Gasteiger partial charge in [0.1, 0.15) is 0 Å². The summed E-state index contributed by atoms with van der Waals surface area (Å²) in [6.07, 6.45) is 8.56. The van der Waals surface area contributed by atoms with Crippen LogP contribution in [0, 0.1) is 22.7 Å². The van der Waals surface area contributed by atoms with Crippen LogP contribution in [0.4, 0.5) is 0 Å². The molecule has 0 amide bonds. The summed E-state index contributed by atoms with van der Waals surface area (Å²) in [5.41, 5.74) is 0.901. The van der Waals surface area contributed by atoms with E-state index in [1.807, 2.05) is 24.0 Å². The molecule has 0 N–H and O–H groups in total. The highest BCUT2D eigenvalue weighted by Gasteiger charge is 2.36. The van der Waals surface area contributed by atoms with Gasteiger partial charge in [-0.25, -0.2) is 0 Å². The van der Waals surface area contributed by atoms with Gasteiger partial charge in [0.15, 0.2) is 0 Å². The van der Waals surface area contributed by atoms with Crippen molar-refractivity contribution < 1.29 is 0 Å². The van der Waals surface area contributed by atoms with E-state index >= 15 is 0 Å². The maximum atomic E-state index is 9.54. The van der Waals surface area contributed by atoms with Gasteiger partial charge in [-0.3, -0.25) is 4.68 Å². The van der Waals surface area contributed by atoms with Crippen molar-refractivity contribution in [1.29, 1.82) is 5.26 Å². The molecule has 0 radical (unpaired) electrons. The molecule has 0 bridgehead atoms. The minimum absolute atomic E-state index is 0.159. The van der Waals surface area contributed by atoms with Crippen molar-refractivity contribution in [2.45, 2.75) is 45.4 Å². The quantitative estimate of drug-likeness (QED) is 0.802. The molecule has 92 valence electrons. The van der Waals surface area contributed by atoms with Crippen LogP contribution in [0.3, 0.4) is 0 Å². The van der Waals surface area contributed by atoms with Crippen molar-refractivity contribution >= 4 is 0 Å². The molecule has 2 unspecified atom stereocenters. The summed E-state index contributed by atoms with van der Waals surface area (Å²) in [5, 5.41) is 14.0. The predicted octanol–water partition coefficient (Wildman–Crippen LogP) is 3.07. The first-order valence-electron chi connectivity index (χ1n) is 6.57. The lowest BCUT2D eigenvalue weighted by Crippen LogP contribution is -2.29. The fourth-order valence-electron chi connectivity index (χ4n) is 3.04. The van der Waals surface area contributed by atoms with E-state index in [1.54, 1.807) is 0 Å². The van der Waals surface area contributed by atoms with Gasteiger partial charge in [-0.15, -0.1) is 0 Å². The molecule has 1 saturated carbocycles. The molecule has 3 heteroatoms. The van der Waals surface area contributed by atoms with Gasteiger partial charge in [0.05, 0.1) is 17.2 Å². The first kappa shape index (κ1) is 12.2. The first-order valence-corrected chi connectivity index (χ1v) is 6.57. The maximum absolute atomic E-state index is 9.54. The number of nitriles is 1. The van der Waals surface area contributed by atoms with Crippen LogP contribution in [-0.4, -0.2) is 9.78 Å². The monoisotopic (exact) mass is 231 g/mol. The molecule has 1 heterocycles. The van der Waals surface area contributed by atoms with Gasteiger partial charge in [0, 0.05) is 19.7 Å². The van der Waals surface area contributed by atoms with E-state index in [9.17, 15) is 5.26 Å². The zero-order valence-electron chi connectivity index (χ0n) is 10.8. The van der Waals surface area contributed by atoms with Crippen LogP contribution in [0.2, 0.25) is 0 Å². The van der Waals surface area contributed by atoms with Crippen molar-refractivity contribution in [2.24, 2.45) is 18.4 Å². The molecule has 17 heavy (non-hydrogen) atoms. The van der Waals surface area contributed by atoms with E-state index in [0.29, 0.717) is 0 Å². The third-order valence-corrected chi connectivity index (χ3v) is 4.05. The zero-order chi connectivity index (χ0) is 12.3. The Hall–Kier alpha value is -1.30. The standard InChI is InChI=1S/C14H21N3/c1-3-12-5-4-7-14(9-12,11-15)10-13-6-8-17(2)16-13/h6,8,12H,3-5,7,9-10H2,1-2H3. The molecule has 1 aromatic rings. The summed E-state index contributed by atoms with van der Waals surface area (Å²) in [5.74, 6) is 0.729. The van der Waals surface area contributed by atoms with Crippen molar-refractivity contribution in [3.05, 3.63) is 18.0 Å².